The average Bonchev–Trinajstić information content (AvgIpc) is 3.34. The molecule has 0 saturated heterocycles. The van der Waals surface area contributed by atoms with E-state index in [1.165, 1.54) is 99.2 Å². The zero-order chi connectivity index (χ0) is 21.2. The SMILES string of the molecule is CNC1CCC(N(C)C2=C(C3CCC(c4ccccn4)C3)NC3=C(CCCC3)N2)CC1. The molecule has 31 heavy (non-hydrogen) atoms. The van der Waals surface area contributed by atoms with E-state index in [-0.39, 0.29) is 0 Å². The number of nitrogens with one attached hydrogen (secondary N) is 3. The van der Waals surface area contributed by atoms with E-state index in [1.807, 2.05) is 12.3 Å². The Hall–Kier alpha value is -2.01. The van der Waals surface area contributed by atoms with Gasteiger partial charge in [-0.15, -0.1) is 0 Å². The molecule has 0 radical (unpaired) electrons. The first-order valence-corrected chi connectivity index (χ1v) is 12.5. The van der Waals surface area contributed by atoms with Crippen molar-refractivity contribution in [2.45, 2.75) is 88.6 Å². The first-order chi connectivity index (χ1) is 15.2. The van der Waals surface area contributed by atoms with Crippen molar-refractivity contribution in [3.8, 4) is 0 Å². The standard InChI is InChI=1S/C26H39N5/c1-27-20-12-14-21(15-13-20)31(2)26-25(29-23-8-3-4-9-24(23)30-26)19-11-10-18(17-19)22-7-5-6-16-28-22/h5-7,16,18-21,27,29-30H,3-4,8-15,17H2,1-2H3. The molecule has 5 nitrogen and oxygen atoms in total. The second-order valence-corrected chi connectivity index (χ2v) is 10.0. The van der Waals surface area contributed by atoms with Gasteiger partial charge in [-0.3, -0.25) is 4.98 Å². The summed E-state index contributed by atoms with van der Waals surface area (Å²) in [6.07, 6.45) is 15.7. The van der Waals surface area contributed by atoms with Gasteiger partial charge in [0.05, 0.1) is 5.70 Å². The maximum absolute atomic E-state index is 4.67. The van der Waals surface area contributed by atoms with Gasteiger partial charge in [0.2, 0.25) is 0 Å². The van der Waals surface area contributed by atoms with E-state index in [1.54, 1.807) is 0 Å². The van der Waals surface area contributed by atoms with Crippen molar-refractivity contribution < 1.29 is 0 Å². The Morgan fingerprint density at radius 3 is 2.39 bits per heavy atom. The van der Waals surface area contributed by atoms with Crippen LogP contribution in [0.25, 0.3) is 0 Å². The normalized spacial score (nSPS) is 31.2. The van der Waals surface area contributed by atoms with Crippen molar-refractivity contribution >= 4 is 0 Å². The minimum absolute atomic E-state index is 0.583. The predicted octanol–water partition coefficient (Wildman–Crippen LogP) is 4.58. The molecule has 3 aliphatic carbocycles. The van der Waals surface area contributed by atoms with Crippen LogP contribution in [0, 0.1) is 5.92 Å². The number of rotatable bonds is 5. The average molecular weight is 422 g/mol. The highest BCUT2D eigenvalue weighted by Gasteiger charge is 2.36. The molecule has 3 N–H and O–H groups in total. The van der Waals surface area contributed by atoms with Crippen LogP contribution >= 0.6 is 0 Å². The number of hydrogen-bond donors (Lipinski definition) is 3. The van der Waals surface area contributed by atoms with Crippen LogP contribution in [0.5, 0.6) is 0 Å². The molecule has 2 fully saturated rings. The highest BCUT2D eigenvalue weighted by Crippen LogP contribution is 2.43. The number of nitrogens with zero attached hydrogens (tertiary/aromatic N) is 2. The van der Waals surface area contributed by atoms with E-state index in [0.29, 0.717) is 23.9 Å². The Morgan fingerprint density at radius 2 is 1.68 bits per heavy atom. The molecular weight excluding hydrogens is 382 g/mol. The summed E-state index contributed by atoms with van der Waals surface area (Å²) in [7, 11) is 4.44. The van der Waals surface area contributed by atoms with Crippen LogP contribution < -0.4 is 16.0 Å². The van der Waals surface area contributed by atoms with Gasteiger partial charge in [-0.25, -0.2) is 0 Å². The summed E-state index contributed by atoms with van der Waals surface area (Å²) >= 11 is 0. The molecule has 2 saturated carbocycles. The fourth-order valence-electron chi connectivity index (χ4n) is 6.25. The van der Waals surface area contributed by atoms with E-state index in [4.69, 9.17) is 0 Å². The first kappa shape index (κ1) is 20.9. The van der Waals surface area contributed by atoms with Crippen LogP contribution in [-0.2, 0) is 0 Å². The van der Waals surface area contributed by atoms with Gasteiger partial charge < -0.3 is 20.9 Å². The molecule has 1 aliphatic heterocycles. The highest BCUT2D eigenvalue weighted by molar-refractivity contribution is 5.33. The van der Waals surface area contributed by atoms with Crippen LogP contribution in [0.15, 0.2) is 47.3 Å². The van der Waals surface area contributed by atoms with Crippen LogP contribution in [0.2, 0.25) is 0 Å². The molecule has 2 heterocycles. The topological polar surface area (TPSA) is 52.2 Å². The Labute approximate surface area is 187 Å². The summed E-state index contributed by atoms with van der Waals surface area (Å²) in [5, 5.41) is 11.4. The van der Waals surface area contributed by atoms with E-state index in [2.05, 4.69) is 52.1 Å². The van der Waals surface area contributed by atoms with Crippen molar-refractivity contribution in [1.29, 1.82) is 0 Å². The van der Waals surface area contributed by atoms with E-state index in [9.17, 15) is 0 Å². The summed E-state index contributed by atoms with van der Waals surface area (Å²) < 4.78 is 0. The molecule has 0 amide bonds. The van der Waals surface area contributed by atoms with Crippen LogP contribution in [0.4, 0.5) is 0 Å². The van der Waals surface area contributed by atoms with Gasteiger partial charge in [0.1, 0.15) is 5.82 Å². The Balaban J connectivity index is 1.38. The molecule has 4 aliphatic rings. The van der Waals surface area contributed by atoms with Crippen molar-refractivity contribution in [1.82, 2.24) is 25.8 Å². The summed E-state index contributed by atoms with van der Waals surface area (Å²) in [4.78, 5) is 7.25. The van der Waals surface area contributed by atoms with E-state index in [0.717, 1.165) is 0 Å². The van der Waals surface area contributed by atoms with Gasteiger partial charge in [0.15, 0.2) is 0 Å². The molecule has 0 spiro atoms. The largest absolute Gasteiger partial charge is 0.358 e. The van der Waals surface area contributed by atoms with Crippen LogP contribution in [0.1, 0.15) is 82.2 Å². The zero-order valence-corrected chi connectivity index (χ0v) is 19.3. The lowest BCUT2D eigenvalue weighted by Gasteiger charge is -2.42. The fourth-order valence-corrected chi connectivity index (χ4v) is 6.25. The monoisotopic (exact) mass is 421 g/mol. The minimum Gasteiger partial charge on any atom is -0.358 e. The molecule has 2 atom stereocenters. The van der Waals surface area contributed by atoms with Crippen LogP contribution in [-0.4, -0.2) is 36.1 Å². The smallest absolute Gasteiger partial charge is 0.126 e. The molecular formula is C26H39N5. The van der Waals surface area contributed by atoms with Crippen molar-refractivity contribution in [3.05, 3.63) is 53.0 Å². The third-order valence-electron chi connectivity index (χ3n) is 8.23. The predicted molar refractivity (Wildman–Crippen MR) is 126 cm³/mol. The summed E-state index contributed by atoms with van der Waals surface area (Å²) in [6, 6.07) is 7.69. The second-order valence-electron chi connectivity index (χ2n) is 10.0. The zero-order valence-electron chi connectivity index (χ0n) is 19.3. The number of allylic oxidation sites excluding steroid dienone is 3. The maximum atomic E-state index is 4.67. The molecule has 0 bridgehead atoms. The molecule has 0 aromatic carbocycles. The molecule has 5 rings (SSSR count). The molecule has 1 aromatic rings. The van der Waals surface area contributed by atoms with Crippen molar-refractivity contribution in [2.75, 3.05) is 14.1 Å². The Kier molecular flexibility index (Phi) is 6.22. The van der Waals surface area contributed by atoms with Gasteiger partial charge in [0.25, 0.3) is 0 Å². The van der Waals surface area contributed by atoms with E-state index >= 15 is 0 Å². The maximum Gasteiger partial charge on any atom is 0.126 e. The quantitative estimate of drug-likeness (QED) is 0.650. The third-order valence-corrected chi connectivity index (χ3v) is 8.23. The highest BCUT2D eigenvalue weighted by atomic mass is 15.3. The summed E-state index contributed by atoms with van der Waals surface area (Å²) in [6.45, 7) is 0. The van der Waals surface area contributed by atoms with Gasteiger partial charge in [-0.05, 0) is 89.8 Å². The number of aromatic nitrogens is 1. The van der Waals surface area contributed by atoms with E-state index < -0.39 is 0 Å². The fraction of sp³-hybridized carbons (Fsp3) is 0.654. The van der Waals surface area contributed by atoms with Gasteiger partial charge >= 0.3 is 0 Å². The number of pyridine rings is 1. The lowest BCUT2D eigenvalue weighted by molar-refractivity contribution is 0.199. The summed E-state index contributed by atoms with van der Waals surface area (Å²) in [5.41, 5.74) is 5.63. The Bertz CT molecular complexity index is 821. The van der Waals surface area contributed by atoms with Crippen LogP contribution in [0.3, 0.4) is 0 Å². The van der Waals surface area contributed by atoms with Gasteiger partial charge in [0, 0.05) is 54.3 Å². The molecule has 168 valence electrons. The Morgan fingerprint density at radius 1 is 0.935 bits per heavy atom. The van der Waals surface area contributed by atoms with Gasteiger partial charge in [-0.2, -0.15) is 0 Å². The lowest BCUT2D eigenvalue weighted by atomic mass is 9.89. The van der Waals surface area contributed by atoms with Gasteiger partial charge in [-0.1, -0.05) is 6.07 Å². The minimum atomic E-state index is 0.583. The first-order valence-electron chi connectivity index (χ1n) is 12.5. The van der Waals surface area contributed by atoms with Crippen molar-refractivity contribution in [3.63, 3.8) is 0 Å². The molecule has 2 unspecified atom stereocenters. The number of hydrogen-bond acceptors (Lipinski definition) is 5. The lowest BCUT2D eigenvalue weighted by Crippen LogP contribution is -2.46. The molecule has 5 heteroatoms. The second kappa shape index (κ2) is 9.23. The summed E-state index contributed by atoms with van der Waals surface area (Å²) in [5.74, 6) is 2.53. The van der Waals surface area contributed by atoms with Crippen molar-refractivity contribution in [2.24, 2.45) is 5.92 Å². The molecule has 1 aromatic heterocycles. The third kappa shape index (κ3) is 4.34.